The molecule has 0 bridgehead atoms. The molecule has 2 unspecified atom stereocenters. The molecule has 5 nitrogen and oxygen atoms in total. The van der Waals surface area contributed by atoms with E-state index in [9.17, 15) is 9.90 Å². The Bertz CT molecular complexity index is 193. The van der Waals surface area contributed by atoms with E-state index in [1.165, 1.54) is 7.11 Å². The maximum atomic E-state index is 11.3. The first kappa shape index (κ1) is 16.2. The molecule has 0 aromatic carbocycles. The summed E-state index contributed by atoms with van der Waals surface area (Å²) < 4.78 is 14.7. The predicted molar refractivity (Wildman–Crippen MR) is 63.9 cm³/mol. The zero-order chi connectivity index (χ0) is 13.1. The molecule has 0 aliphatic heterocycles. The Morgan fingerprint density at radius 1 is 1.35 bits per heavy atom. The molecule has 0 heterocycles. The molecule has 0 rings (SSSR count). The topological polar surface area (TPSA) is 65.0 Å². The molecule has 17 heavy (non-hydrogen) atoms. The number of carbonyl (C=O) groups excluding carboxylic acids is 1. The van der Waals surface area contributed by atoms with Crippen LogP contribution >= 0.6 is 0 Å². The molecule has 5 heteroatoms. The lowest BCUT2D eigenvalue weighted by Crippen LogP contribution is -2.24. The van der Waals surface area contributed by atoms with E-state index < -0.39 is 12.3 Å². The lowest BCUT2D eigenvalue weighted by Gasteiger charge is -2.18. The molecular weight excluding hydrogens is 224 g/mol. The van der Waals surface area contributed by atoms with Gasteiger partial charge in [-0.3, -0.25) is 0 Å². The molecule has 0 aromatic rings. The van der Waals surface area contributed by atoms with Crippen molar-refractivity contribution < 1.29 is 24.1 Å². The summed E-state index contributed by atoms with van der Waals surface area (Å²) in [6.45, 7) is 4.28. The van der Waals surface area contributed by atoms with Gasteiger partial charge in [0.05, 0.1) is 12.7 Å². The van der Waals surface area contributed by atoms with Crippen LogP contribution in [0, 0.1) is 0 Å². The van der Waals surface area contributed by atoms with Gasteiger partial charge in [0, 0.05) is 13.5 Å². The molecule has 0 saturated carbocycles. The van der Waals surface area contributed by atoms with E-state index in [4.69, 9.17) is 14.2 Å². The van der Waals surface area contributed by atoms with E-state index in [-0.39, 0.29) is 12.7 Å². The van der Waals surface area contributed by atoms with Crippen molar-refractivity contribution in [1.82, 2.24) is 0 Å². The molecule has 2 atom stereocenters. The monoisotopic (exact) mass is 248 g/mol. The third kappa shape index (κ3) is 10.1. The average Bonchev–Trinajstić information content (AvgIpc) is 2.25. The van der Waals surface area contributed by atoms with Crippen LogP contribution in [0.1, 0.15) is 39.5 Å². The first-order valence-corrected chi connectivity index (χ1v) is 6.10. The van der Waals surface area contributed by atoms with E-state index in [0.717, 1.165) is 19.3 Å². The van der Waals surface area contributed by atoms with Crippen molar-refractivity contribution in [3.63, 3.8) is 0 Å². The van der Waals surface area contributed by atoms with Crippen molar-refractivity contribution in [3.8, 4) is 0 Å². The summed E-state index contributed by atoms with van der Waals surface area (Å²) in [5.41, 5.74) is 0. The van der Waals surface area contributed by atoms with Gasteiger partial charge in [-0.15, -0.1) is 0 Å². The van der Waals surface area contributed by atoms with Crippen molar-refractivity contribution in [2.75, 3.05) is 20.3 Å². The molecule has 0 aliphatic rings. The molecule has 0 saturated heterocycles. The van der Waals surface area contributed by atoms with E-state index in [0.29, 0.717) is 13.0 Å². The first-order valence-electron chi connectivity index (χ1n) is 6.10. The number of aliphatic hydroxyl groups excluding tert-OH is 1. The SMILES string of the molecule is CCCCC(CC(C)O)OC(=O)OCCOC. The second kappa shape index (κ2) is 10.4. The van der Waals surface area contributed by atoms with Crippen LogP contribution in [0.4, 0.5) is 4.79 Å². The smallest absolute Gasteiger partial charge is 0.432 e. The van der Waals surface area contributed by atoms with Gasteiger partial charge in [-0.1, -0.05) is 19.8 Å². The Morgan fingerprint density at radius 2 is 2.06 bits per heavy atom. The Kier molecular flexibility index (Phi) is 9.86. The Labute approximate surface area is 103 Å². The third-order valence-electron chi connectivity index (χ3n) is 2.25. The minimum atomic E-state index is -0.691. The van der Waals surface area contributed by atoms with Gasteiger partial charge in [-0.2, -0.15) is 0 Å². The van der Waals surface area contributed by atoms with E-state index in [1.807, 2.05) is 0 Å². The van der Waals surface area contributed by atoms with Crippen LogP contribution in [-0.2, 0) is 14.2 Å². The lowest BCUT2D eigenvalue weighted by molar-refractivity contribution is -0.00544. The van der Waals surface area contributed by atoms with Crippen LogP contribution in [0.3, 0.4) is 0 Å². The fraction of sp³-hybridized carbons (Fsp3) is 0.917. The zero-order valence-corrected chi connectivity index (χ0v) is 11.0. The highest BCUT2D eigenvalue weighted by atomic mass is 16.7. The van der Waals surface area contributed by atoms with Gasteiger partial charge in [0.2, 0.25) is 0 Å². The third-order valence-corrected chi connectivity index (χ3v) is 2.25. The maximum absolute atomic E-state index is 11.3. The van der Waals surface area contributed by atoms with Gasteiger partial charge < -0.3 is 19.3 Å². The van der Waals surface area contributed by atoms with Crippen LogP contribution in [0.15, 0.2) is 0 Å². The highest BCUT2D eigenvalue weighted by molar-refractivity contribution is 5.60. The van der Waals surface area contributed by atoms with E-state index in [1.54, 1.807) is 6.92 Å². The Morgan fingerprint density at radius 3 is 2.59 bits per heavy atom. The van der Waals surface area contributed by atoms with Crippen LogP contribution in [0.5, 0.6) is 0 Å². The van der Waals surface area contributed by atoms with Crippen molar-refractivity contribution in [1.29, 1.82) is 0 Å². The lowest BCUT2D eigenvalue weighted by atomic mass is 10.1. The molecule has 0 radical (unpaired) electrons. The number of unbranched alkanes of at least 4 members (excludes halogenated alkanes) is 1. The zero-order valence-electron chi connectivity index (χ0n) is 11.0. The molecule has 0 amide bonds. The van der Waals surface area contributed by atoms with Crippen LogP contribution in [0.25, 0.3) is 0 Å². The number of carbonyl (C=O) groups is 1. The summed E-state index contributed by atoms with van der Waals surface area (Å²) >= 11 is 0. The van der Waals surface area contributed by atoms with E-state index >= 15 is 0 Å². The van der Waals surface area contributed by atoms with Crippen molar-refractivity contribution in [3.05, 3.63) is 0 Å². The normalized spacial score (nSPS) is 14.1. The quantitative estimate of drug-likeness (QED) is 0.500. The number of ether oxygens (including phenoxy) is 3. The van der Waals surface area contributed by atoms with Crippen molar-refractivity contribution in [2.24, 2.45) is 0 Å². The van der Waals surface area contributed by atoms with Gasteiger partial charge in [0.1, 0.15) is 12.7 Å². The summed E-state index contributed by atoms with van der Waals surface area (Å²) in [5, 5.41) is 9.30. The number of hydrogen-bond donors (Lipinski definition) is 1. The largest absolute Gasteiger partial charge is 0.508 e. The maximum Gasteiger partial charge on any atom is 0.508 e. The summed E-state index contributed by atoms with van der Waals surface area (Å²) in [7, 11) is 1.53. The van der Waals surface area contributed by atoms with Gasteiger partial charge in [-0.05, 0) is 13.3 Å². The van der Waals surface area contributed by atoms with Crippen LogP contribution in [-0.4, -0.2) is 43.8 Å². The fourth-order valence-corrected chi connectivity index (χ4v) is 1.42. The number of methoxy groups -OCH3 is 1. The average molecular weight is 248 g/mol. The summed E-state index contributed by atoms with van der Waals surface area (Å²) in [6.07, 6.45) is 1.74. The molecular formula is C12H24O5. The fourth-order valence-electron chi connectivity index (χ4n) is 1.42. The predicted octanol–water partition coefficient (Wildman–Crippen LogP) is 2.12. The summed E-state index contributed by atoms with van der Waals surface area (Å²) in [5.74, 6) is 0. The van der Waals surface area contributed by atoms with Gasteiger partial charge in [-0.25, -0.2) is 4.79 Å². The summed E-state index contributed by atoms with van der Waals surface area (Å²) in [6, 6.07) is 0. The molecule has 0 spiro atoms. The van der Waals surface area contributed by atoms with Crippen LogP contribution < -0.4 is 0 Å². The van der Waals surface area contributed by atoms with Crippen molar-refractivity contribution >= 4 is 6.16 Å². The number of rotatable bonds is 9. The highest BCUT2D eigenvalue weighted by Crippen LogP contribution is 2.12. The minimum absolute atomic E-state index is 0.185. The second-order valence-corrected chi connectivity index (χ2v) is 4.06. The highest BCUT2D eigenvalue weighted by Gasteiger charge is 2.17. The number of aliphatic hydroxyl groups is 1. The molecule has 0 aliphatic carbocycles. The molecule has 0 fully saturated rings. The Hall–Kier alpha value is -0.810. The second-order valence-electron chi connectivity index (χ2n) is 4.06. The Balaban J connectivity index is 3.90. The molecule has 102 valence electrons. The van der Waals surface area contributed by atoms with E-state index in [2.05, 4.69) is 6.92 Å². The number of hydrogen-bond acceptors (Lipinski definition) is 5. The first-order chi connectivity index (χ1) is 8.10. The van der Waals surface area contributed by atoms with Gasteiger partial charge >= 0.3 is 6.16 Å². The van der Waals surface area contributed by atoms with Gasteiger partial charge in [0.25, 0.3) is 0 Å². The molecule has 1 N–H and O–H groups in total. The summed E-state index contributed by atoms with van der Waals surface area (Å²) in [4.78, 5) is 11.3. The van der Waals surface area contributed by atoms with Crippen molar-refractivity contribution in [2.45, 2.75) is 51.7 Å². The molecule has 0 aromatic heterocycles. The standard InChI is InChI=1S/C12H24O5/c1-4-5-6-11(9-10(2)13)17-12(14)16-8-7-15-3/h10-11,13H,4-9H2,1-3H3. The van der Waals surface area contributed by atoms with Gasteiger partial charge in [0.15, 0.2) is 0 Å². The van der Waals surface area contributed by atoms with Crippen LogP contribution in [0.2, 0.25) is 0 Å². The minimum Gasteiger partial charge on any atom is -0.432 e.